The quantitative estimate of drug-likeness (QED) is 0.598. The van der Waals surface area contributed by atoms with Crippen LogP contribution < -0.4 is 0 Å². The van der Waals surface area contributed by atoms with E-state index < -0.39 is 0 Å². The lowest BCUT2D eigenvalue weighted by atomic mass is 10.3. The van der Waals surface area contributed by atoms with Gasteiger partial charge in [0.05, 0.1) is 34.2 Å². The van der Waals surface area contributed by atoms with Crippen molar-refractivity contribution in [1.29, 1.82) is 0 Å². The predicted octanol–water partition coefficient (Wildman–Crippen LogP) is 2.42. The summed E-state index contributed by atoms with van der Waals surface area (Å²) in [6.45, 7) is 2.51. The highest BCUT2D eigenvalue weighted by atomic mass is 32.2. The average Bonchev–Trinajstić information content (AvgIpc) is 3.31. The van der Waals surface area contributed by atoms with Gasteiger partial charge < -0.3 is 14.1 Å². The minimum Gasteiger partial charge on any atom is -0.416 e. The number of hydrogen-bond acceptors (Lipinski definition) is 8. The number of carbonyl (C=O) groups is 1. The molecule has 9 heteroatoms. The molecule has 1 aliphatic rings. The summed E-state index contributed by atoms with van der Waals surface area (Å²) in [7, 11) is 0. The van der Waals surface area contributed by atoms with Crippen LogP contribution in [-0.4, -0.2) is 58.0 Å². The third-order valence-electron chi connectivity index (χ3n) is 4.02. The molecule has 3 aromatic rings. The van der Waals surface area contributed by atoms with Crippen LogP contribution in [0.3, 0.4) is 0 Å². The minimum atomic E-state index is 0.0764. The van der Waals surface area contributed by atoms with Gasteiger partial charge in [0.2, 0.25) is 11.8 Å². The van der Waals surface area contributed by atoms with Gasteiger partial charge in [-0.05, 0) is 12.1 Å². The highest BCUT2D eigenvalue weighted by molar-refractivity contribution is 7.99. The van der Waals surface area contributed by atoms with Crippen LogP contribution in [0, 0.1) is 0 Å². The Morgan fingerprint density at radius 3 is 2.88 bits per heavy atom. The summed E-state index contributed by atoms with van der Waals surface area (Å²) in [6.07, 6.45) is 1.41. The number of para-hydroxylation sites is 1. The molecule has 3 heterocycles. The van der Waals surface area contributed by atoms with Crippen molar-refractivity contribution in [2.75, 3.05) is 32.1 Å². The molecular formula is C17H18N4O3S2. The van der Waals surface area contributed by atoms with Crippen LogP contribution in [0.1, 0.15) is 10.9 Å². The van der Waals surface area contributed by atoms with Gasteiger partial charge in [-0.15, -0.1) is 21.5 Å². The lowest BCUT2D eigenvalue weighted by Crippen LogP contribution is -2.41. The number of aryl methyl sites for hydroxylation is 2. The Morgan fingerprint density at radius 1 is 1.19 bits per heavy atom. The predicted molar refractivity (Wildman–Crippen MR) is 99.4 cm³/mol. The zero-order chi connectivity index (χ0) is 17.8. The first-order valence-corrected chi connectivity index (χ1v) is 10.2. The maximum absolute atomic E-state index is 12.1. The van der Waals surface area contributed by atoms with Gasteiger partial charge in [-0.1, -0.05) is 23.9 Å². The summed E-state index contributed by atoms with van der Waals surface area (Å²) in [6, 6.07) is 8.10. The van der Waals surface area contributed by atoms with Crippen molar-refractivity contribution in [3.63, 3.8) is 0 Å². The molecule has 136 valence electrons. The minimum absolute atomic E-state index is 0.0764. The summed E-state index contributed by atoms with van der Waals surface area (Å²) in [4.78, 5) is 18.5. The van der Waals surface area contributed by atoms with Crippen LogP contribution >= 0.6 is 23.1 Å². The van der Waals surface area contributed by atoms with Gasteiger partial charge in [0.25, 0.3) is 5.22 Å². The second kappa shape index (κ2) is 8.15. The number of benzene rings is 1. The van der Waals surface area contributed by atoms with Crippen LogP contribution in [0.25, 0.3) is 10.2 Å². The molecule has 0 radical (unpaired) electrons. The Hall–Kier alpha value is -1.97. The summed E-state index contributed by atoms with van der Waals surface area (Å²) in [5.41, 5.74) is 1.02. The number of hydrogen-bond donors (Lipinski definition) is 0. The van der Waals surface area contributed by atoms with Crippen LogP contribution in [0.2, 0.25) is 0 Å². The molecule has 26 heavy (non-hydrogen) atoms. The van der Waals surface area contributed by atoms with E-state index in [1.165, 1.54) is 16.5 Å². The molecule has 2 aromatic heterocycles. The molecular weight excluding hydrogens is 372 g/mol. The number of fused-ring (bicyclic) bond motifs is 1. The monoisotopic (exact) mass is 390 g/mol. The highest BCUT2D eigenvalue weighted by Gasteiger charge is 2.18. The summed E-state index contributed by atoms with van der Waals surface area (Å²) in [5.74, 6) is 0.956. The molecule has 1 fully saturated rings. The van der Waals surface area contributed by atoms with Crippen molar-refractivity contribution in [3.8, 4) is 0 Å². The van der Waals surface area contributed by atoms with E-state index in [9.17, 15) is 4.79 Å². The molecule has 1 aliphatic heterocycles. The standard InChI is InChI=1S/C17H18N4O3S2/c22-16(21-7-9-23-10-8-21)11-25-17-20-19-14(24-17)5-6-15-18-12-3-1-2-4-13(12)26-15/h1-4H,5-11H2. The zero-order valence-electron chi connectivity index (χ0n) is 14.1. The number of rotatable bonds is 6. The second-order valence-electron chi connectivity index (χ2n) is 5.82. The third-order valence-corrected chi connectivity index (χ3v) is 5.92. The molecule has 1 aromatic carbocycles. The van der Waals surface area contributed by atoms with Crippen LogP contribution in [0.15, 0.2) is 33.9 Å². The number of ether oxygens (including phenoxy) is 1. The lowest BCUT2D eigenvalue weighted by molar-refractivity contribution is -0.132. The first-order valence-electron chi connectivity index (χ1n) is 8.43. The van der Waals surface area contributed by atoms with Gasteiger partial charge in [-0.3, -0.25) is 4.79 Å². The van der Waals surface area contributed by atoms with E-state index in [0.717, 1.165) is 16.9 Å². The Bertz CT molecular complexity index is 856. The molecule has 0 bridgehead atoms. The van der Waals surface area contributed by atoms with Crippen molar-refractivity contribution >= 4 is 39.2 Å². The van der Waals surface area contributed by atoms with Gasteiger partial charge in [-0.2, -0.15) is 0 Å². The molecule has 0 saturated carbocycles. The summed E-state index contributed by atoms with van der Waals surface area (Å²) >= 11 is 2.97. The number of thiazole rings is 1. The van der Waals surface area contributed by atoms with E-state index in [-0.39, 0.29) is 5.91 Å². The normalized spacial score (nSPS) is 14.8. The maximum Gasteiger partial charge on any atom is 0.277 e. The van der Waals surface area contributed by atoms with E-state index in [1.54, 1.807) is 16.2 Å². The third kappa shape index (κ3) is 4.22. The van der Waals surface area contributed by atoms with Crippen molar-refractivity contribution in [2.24, 2.45) is 0 Å². The van der Waals surface area contributed by atoms with Crippen molar-refractivity contribution in [2.45, 2.75) is 18.1 Å². The Morgan fingerprint density at radius 2 is 2.04 bits per heavy atom. The summed E-state index contributed by atoms with van der Waals surface area (Å²) < 4.78 is 12.1. The number of amides is 1. The molecule has 0 N–H and O–H groups in total. The van der Waals surface area contributed by atoms with Crippen LogP contribution in [-0.2, 0) is 22.4 Å². The van der Waals surface area contributed by atoms with Gasteiger partial charge >= 0.3 is 0 Å². The van der Waals surface area contributed by atoms with E-state index in [2.05, 4.69) is 21.2 Å². The Kier molecular flexibility index (Phi) is 5.47. The number of nitrogens with zero attached hydrogens (tertiary/aromatic N) is 4. The molecule has 0 atom stereocenters. The lowest BCUT2D eigenvalue weighted by Gasteiger charge is -2.26. The number of aromatic nitrogens is 3. The molecule has 1 saturated heterocycles. The molecule has 7 nitrogen and oxygen atoms in total. The Balaban J connectivity index is 1.28. The van der Waals surface area contributed by atoms with Crippen molar-refractivity contribution in [3.05, 3.63) is 35.2 Å². The largest absolute Gasteiger partial charge is 0.416 e. The first kappa shape index (κ1) is 17.4. The van der Waals surface area contributed by atoms with E-state index in [0.29, 0.717) is 49.6 Å². The SMILES string of the molecule is O=C(CSc1nnc(CCc2nc3ccccc3s2)o1)N1CCOCC1. The summed E-state index contributed by atoms with van der Waals surface area (Å²) in [5, 5.41) is 9.58. The Labute approximate surface area is 158 Å². The average molecular weight is 390 g/mol. The van der Waals surface area contributed by atoms with Gasteiger partial charge in [-0.25, -0.2) is 4.98 Å². The topological polar surface area (TPSA) is 81.3 Å². The van der Waals surface area contributed by atoms with E-state index in [1.807, 2.05) is 18.2 Å². The second-order valence-corrected chi connectivity index (χ2v) is 7.86. The fourth-order valence-electron chi connectivity index (χ4n) is 2.67. The maximum atomic E-state index is 12.1. The van der Waals surface area contributed by atoms with E-state index >= 15 is 0 Å². The molecule has 4 rings (SSSR count). The molecule has 0 aliphatic carbocycles. The zero-order valence-corrected chi connectivity index (χ0v) is 15.7. The molecule has 0 unspecified atom stereocenters. The van der Waals surface area contributed by atoms with Crippen LogP contribution in [0.5, 0.6) is 0 Å². The molecule has 1 amide bonds. The van der Waals surface area contributed by atoms with Gasteiger partial charge in [0.15, 0.2) is 0 Å². The number of carbonyl (C=O) groups excluding carboxylic acids is 1. The fraction of sp³-hybridized carbons (Fsp3) is 0.412. The highest BCUT2D eigenvalue weighted by Crippen LogP contribution is 2.23. The van der Waals surface area contributed by atoms with E-state index in [4.69, 9.17) is 9.15 Å². The first-order chi connectivity index (χ1) is 12.8. The van der Waals surface area contributed by atoms with Gasteiger partial charge in [0, 0.05) is 25.9 Å². The van der Waals surface area contributed by atoms with Crippen molar-refractivity contribution < 1.29 is 13.9 Å². The fourth-order valence-corrected chi connectivity index (χ4v) is 4.32. The van der Waals surface area contributed by atoms with Crippen molar-refractivity contribution in [1.82, 2.24) is 20.1 Å². The number of thioether (sulfide) groups is 1. The number of morpholine rings is 1. The van der Waals surface area contributed by atoms with Gasteiger partial charge in [0.1, 0.15) is 0 Å². The van der Waals surface area contributed by atoms with Crippen LogP contribution in [0.4, 0.5) is 0 Å². The smallest absolute Gasteiger partial charge is 0.277 e. The molecule has 0 spiro atoms.